The second-order valence-corrected chi connectivity index (χ2v) is 4.44. The van der Waals surface area contributed by atoms with Crippen LogP contribution >= 0.6 is 22.9 Å². The van der Waals surface area contributed by atoms with E-state index in [4.69, 9.17) is 11.6 Å². The molecule has 0 fully saturated rings. The maximum absolute atomic E-state index is 12.3. The third-order valence-corrected chi connectivity index (χ3v) is 2.98. The third-order valence-electron chi connectivity index (χ3n) is 1.72. The van der Waals surface area contributed by atoms with Gasteiger partial charge >= 0.3 is 0 Å². The molecule has 1 atom stereocenters. The summed E-state index contributed by atoms with van der Waals surface area (Å²) in [4.78, 5) is 0.879. The Kier molecular flexibility index (Phi) is 4.09. The Labute approximate surface area is 84.7 Å². The normalized spacial score (nSPS) is 13.6. The first-order valence-corrected chi connectivity index (χ1v) is 5.02. The van der Waals surface area contributed by atoms with Crippen molar-refractivity contribution in [1.29, 1.82) is 0 Å². The Morgan fingerprint density at radius 1 is 1.54 bits per heavy atom. The van der Waals surface area contributed by atoms with E-state index in [9.17, 15) is 8.78 Å². The van der Waals surface area contributed by atoms with Gasteiger partial charge in [-0.2, -0.15) is 0 Å². The fourth-order valence-electron chi connectivity index (χ4n) is 0.995. The smallest absolute Gasteiger partial charge is 0.254 e. The van der Waals surface area contributed by atoms with E-state index in [1.807, 2.05) is 0 Å². The van der Waals surface area contributed by atoms with Gasteiger partial charge in [0.05, 0.1) is 10.4 Å². The van der Waals surface area contributed by atoms with E-state index >= 15 is 0 Å². The van der Waals surface area contributed by atoms with Gasteiger partial charge in [0, 0.05) is 11.3 Å². The maximum Gasteiger partial charge on any atom is 0.254 e. The number of hydrogen-bond donors (Lipinski definition) is 1. The van der Waals surface area contributed by atoms with Crippen LogP contribution in [0.4, 0.5) is 8.78 Å². The molecule has 0 saturated carbocycles. The lowest BCUT2D eigenvalue weighted by Gasteiger charge is -2.13. The molecule has 1 nitrogen and oxygen atoms in total. The predicted molar refractivity (Wildman–Crippen MR) is 51.9 cm³/mol. The van der Waals surface area contributed by atoms with Crippen molar-refractivity contribution >= 4 is 22.9 Å². The molecule has 5 heteroatoms. The molecule has 0 aliphatic heterocycles. The van der Waals surface area contributed by atoms with Crippen molar-refractivity contribution in [3.8, 4) is 0 Å². The van der Waals surface area contributed by atoms with E-state index in [-0.39, 0.29) is 0 Å². The zero-order chi connectivity index (χ0) is 9.84. The molecule has 1 aromatic heterocycles. The van der Waals surface area contributed by atoms with E-state index in [1.54, 1.807) is 12.1 Å². The molecular formula is C8H10ClF2NS. The molecule has 0 radical (unpaired) electrons. The van der Waals surface area contributed by atoms with Gasteiger partial charge in [-0.15, -0.1) is 11.3 Å². The van der Waals surface area contributed by atoms with Crippen LogP contribution in [-0.2, 0) is 6.42 Å². The number of alkyl halides is 2. The highest BCUT2D eigenvalue weighted by Crippen LogP contribution is 2.23. The van der Waals surface area contributed by atoms with Crippen LogP contribution in [0.15, 0.2) is 12.1 Å². The highest BCUT2D eigenvalue weighted by Gasteiger charge is 2.18. The Bertz CT molecular complexity index is 264. The molecule has 74 valence electrons. The summed E-state index contributed by atoms with van der Waals surface area (Å²) in [5.41, 5.74) is 0. The molecule has 1 rings (SSSR count). The Hall–Kier alpha value is -0.190. The lowest BCUT2D eigenvalue weighted by atomic mass is 10.2. The van der Waals surface area contributed by atoms with E-state index in [0.717, 1.165) is 4.88 Å². The second-order valence-electron chi connectivity index (χ2n) is 2.64. The van der Waals surface area contributed by atoms with E-state index in [2.05, 4.69) is 5.32 Å². The number of rotatable bonds is 4. The maximum atomic E-state index is 12.3. The lowest BCUT2D eigenvalue weighted by molar-refractivity contribution is 0.102. The molecular weight excluding hydrogens is 216 g/mol. The highest BCUT2D eigenvalue weighted by atomic mass is 35.5. The number of halogens is 3. The molecule has 0 saturated heterocycles. The zero-order valence-electron chi connectivity index (χ0n) is 7.06. The molecule has 13 heavy (non-hydrogen) atoms. The Balaban J connectivity index is 2.56. The van der Waals surface area contributed by atoms with Crippen LogP contribution in [0.3, 0.4) is 0 Å². The van der Waals surface area contributed by atoms with Gasteiger partial charge < -0.3 is 5.32 Å². The number of likely N-dealkylation sites (N-methyl/N-ethyl adjacent to an activating group) is 1. The van der Waals surface area contributed by atoms with E-state index in [0.29, 0.717) is 10.8 Å². The number of hydrogen-bond acceptors (Lipinski definition) is 2. The van der Waals surface area contributed by atoms with Gasteiger partial charge in [0.15, 0.2) is 0 Å². The fourth-order valence-corrected chi connectivity index (χ4v) is 2.14. The van der Waals surface area contributed by atoms with Crippen molar-refractivity contribution in [1.82, 2.24) is 5.32 Å². The molecule has 0 aromatic carbocycles. The molecule has 0 aliphatic carbocycles. The summed E-state index contributed by atoms with van der Waals surface area (Å²) in [5, 5.41) is 2.57. The minimum atomic E-state index is -2.34. The van der Waals surface area contributed by atoms with Crippen LogP contribution < -0.4 is 5.32 Å². The van der Waals surface area contributed by atoms with Crippen molar-refractivity contribution in [2.45, 2.75) is 18.9 Å². The van der Waals surface area contributed by atoms with Crippen molar-refractivity contribution in [2.24, 2.45) is 0 Å². The van der Waals surface area contributed by atoms with Crippen molar-refractivity contribution in [2.75, 3.05) is 7.05 Å². The van der Waals surface area contributed by atoms with Crippen LogP contribution in [-0.4, -0.2) is 19.5 Å². The lowest BCUT2D eigenvalue weighted by Crippen LogP contribution is -2.34. The van der Waals surface area contributed by atoms with Crippen molar-refractivity contribution < 1.29 is 8.78 Å². The van der Waals surface area contributed by atoms with Gasteiger partial charge in [-0.25, -0.2) is 8.78 Å². The number of nitrogens with one attached hydrogen (secondary N) is 1. The fraction of sp³-hybridized carbons (Fsp3) is 0.500. The predicted octanol–water partition coefficient (Wildman–Crippen LogP) is 2.80. The molecule has 1 N–H and O–H groups in total. The molecule has 0 spiro atoms. The van der Waals surface area contributed by atoms with E-state index < -0.39 is 12.5 Å². The van der Waals surface area contributed by atoms with Crippen LogP contribution in [0.1, 0.15) is 4.88 Å². The largest absolute Gasteiger partial charge is 0.312 e. The van der Waals surface area contributed by atoms with Crippen LogP contribution in [0.5, 0.6) is 0 Å². The molecule has 1 heterocycles. The average Bonchev–Trinajstić information content (AvgIpc) is 2.46. The zero-order valence-corrected chi connectivity index (χ0v) is 8.63. The van der Waals surface area contributed by atoms with Gasteiger partial charge in [0.25, 0.3) is 6.43 Å². The Morgan fingerprint density at radius 3 is 2.62 bits per heavy atom. The first-order chi connectivity index (χ1) is 6.13. The quantitative estimate of drug-likeness (QED) is 0.831. The van der Waals surface area contributed by atoms with Gasteiger partial charge in [-0.3, -0.25) is 0 Å². The SMILES string of the molecule is CNC(Cc1ccc(Cl)s1)C(F)F. The first kappa shape index (κ1) is 10.9. The van der Waals surface area contributed by atoms with Gasteiger partial charge in [-0.05, 0) is 19.2 Å². The molecule has 0 bridgehead atoms. The third kappa shape index (κ3) is 3.21. The first-order valence-electron chi connectivity index (χ1n) is 3.83. The van der Waals surface area contributed by atoms with Gasteiger partial charge in [0.1, 0.15) is 0 Å². The van der Waals surface area contributed by atoms with Gasteiger partial charge in [0.2, 0.25) is 0 Å². The molecule has 1 aromatic rings. The topological polar surface area (TPSA) is 12.0 Å². The standard InChI is InChI=1S/C8H10ClF2NS/c1-12-6(8(10)11)4-5-2-3-7(9)13-5/h2-3,6,8,12H,4H2,1H3. The summed E-state index contributed by atoms with van der Waals surface area (Å²) in [6, 6.07) is 2.72. The van der Waals surface area contributed by atoms with Gasteiger partial charge in [-0.1, -0.05) is 11.6 Å². The molecule has 1 unspecified atom stereocenters. The summed E-state index contributed by atoms with van der Waals surface area (Å²) < 4.78 is 25.2. The second kappa shape index (κ2) is 4.88. The van der Waals surface area contributed by atoms with Crippen LogP contribution in [0.2, 0.25) is 4.34 Å². The summed E-state index contributed by atoms with van der Waals surface area (Å²) in [7, 11) is 1.53. The summed E-state index contributed by atoms with van der Waals surface area (Å²) in [5.74, 6) is 0. The monoisotopic (exact) mass is 225 g/mol. The minimum absolute atomic E-state index is 0.325. The Morgan fingerprint density at radius 2 is 2.23 bits per heavy atom. The summed E-state index contributed by atoms with van der Waals surface area (Å²) >= 11 is 7.02. The van der Waals surface area contributed by atoms with Crippen LogP contribution in [0, 0.1) is 0 Å². The highest BCUT2D eigenvalue weighted by molar-refractivity contribution is 7.16. The molecule has 0 amide bonds. The summed E-state index contributed by atoms with van der Waals surface area (Å²) in [6.45, 7) is 0. The molecule has 0 aliphatic rings. The average molecular weight is 226 g/mol. The van der Waals surface area contributed by atoms with Crippen molar-refractivity contribution in [3.63, 3.8) is 0 Å². The minimum Gasteiger partial charge on any atom is -0.312 e. The number of thiophene rings is 1. The van der Waals surface area contributed by atoms with Crippen molar-refractivity contribution in [3.05, 3.63) is 21.3 Å². The van der Waals surface area contributed by atoms with E-state index in [1.165, 1.54) is 18.4 Å². The summed E-state index contributed by atoms with van der Waals surface area (Å²) in [6.07, 6.45) is -2.02. The van der Waals surface area contributed by atoms with Crippen LogP contribution in [0.25, 0.3) is 0 Å².